The molecule has 0 amide bonds. The minimum absolute atomic E-state index is 0. The summed E-state index contributed by atoms with van der Waals surface area (Å²) in [5, 5.41) is 26.6. The van der Waals surface area contributed by atoms with Crippen molar-refractivity contribution in [3.63, 3.8) is 0 Å². The average molecular weight is 384 g/mol. The van der Waals surface area contributed by atoms with Crippen molar-refractivity contribution in [1.29, 1.82) is 0 Å². The van der Waals surface area contributed by atoms with Gasteiger partial charge in [-0.2, -0.15) is 0 Å². The number of fused-ring (bicyclic) bond motifs is 1. The first-order valence-electron chi connectivity index (χ1n) is 8.09. The van der Waals surface area contributed by atoms with Crippen molar-refractivity contribution < 1.29 is 39.6 Å². The van der Waals surface area contributed by atoms with Gasteiger partial charge in [0.05, 0.1) is 27.4 Å². The van der Waals surface area contributed by atoms with E-state index in [0.29, 0.717) is 22.3 Å². The van der Waals surface area contributed by atoms with Crippen LogP contribution in [0, 0.1) is 17.0 Å². The Morgan fingerprint density at radius 1 is 1.11 bits per heavy atom. The molecule has 4 aromatic rings. The largest absolute Gasteiger partial charge is 1.00 e. The van der Waals surface area contributed by atoms with Crippen molar-refractivity contribution in [3.8, 4) is 22.7 Å². The number of nitrogens with zero attached hydrogens (tertiary/aromatic N) is 3. The molecule has 9 heteroatoms. The molecule has 2 aromatic heterocycles. The van der Waals surface area contributed by atoms with Crippen LogP contribution in [0.1, 0.15) is 5.69 Å². The summed E-state index contributed by atoms with van der Waals surface area (Å²) in [7, 11) is 0. The monoisotopic (exact) mass is 384 g/mol. The van der Waals surface area contributed by atoms with Crippen LogP contribution in [0.25, 0.3) is 27.8 Å². The molecule has 0 atom stereocenters. The minimum Gasteiger partial charge on any atom is -0.872 e. The van der Waals surface area contributed by atoms with Gasteiger partial charge < -0.3 is 5.11 Å². The Morgan fingerprint density at radius 3 is 2.46 bits per heavy atom. The number of aromatic amines is 1. The summed E-state index contributed by atoms with van der Waals surface area (Å²) in [4.78, 5) is 27.6. The summed E-state index contributed by atoms with van der Waals surface area (Å²) in [5.41, 5.74) is 1.63. The molecule has 0 unspecified atom stereocenters. The zero-order chi connectivity index (χ0) is 19.1. The van der Waals surface area contributed by atoms with Crippen molar-refractivity contribution in [1.82, 2.24) is 14.8 Å². The van der Waals surface area contributed by atoms with Crippen LogP contribution < -0.4 is 40.2 Å². The third kappa shape index (κ3) is 3.33. The number of aromatic nitrogens is 3. The summed E-state index contributed by atoms with van der Waals surface area (Å²) in [6.45, 7) is 1.71. The molecule has 8 nitrogen and oxygen atoms in total. The summed E-state index contributed by atoms with van der Waals surface area (Å²) in [6.07, 6.45) is 0. The molecular weight excluding hydrogens is 371 g/mol. The molecule has 0 radical (unpaired) electrons. The number of rotatable bonds is 3. The molecule has 2 aromatic carbocycles. The van der Waals surface area contributed by atoms with Crippen LogP contribution in [0.15, 0.2) is 59.4 Å². The Morgan fingerprint density at radius 2 is 1.79 bits per heavy atom. The zero-order valence-corrected chi connectivity index (χ0v) is 17.2. The first kappa shape index (κ1) is 19.8. The molecule has 134 valence electrons. The maximum atomic E-state index is 12.9. The van der Waals surface area contributed by atoms with E-state index in [2.05, 4.69) is 10.1 Å². The van der Waals surface area contributed by atoms with E-state index in [0.717, 1.165) is 0 Å². The van der Waals surface area contributed by atoms with Gasteiger partial charge in [0.1, 0.15) is 0 Å². The van der Waals surface area contributed by atoms with Crippen LogP contribution in [0.4, 0.5) is 5.69 Å². The van der Waals surface area contributed by atoms with Gasteiger partial charge in [0.15, 0.2) is 0 Å². The SMILES string of the molecule is Cc1[nH]n(-c2ccc([N+](=O)[O-])cc2)c(=O)c1-c1cc([O-])c2ccccc2n1.[Na+]. The molecule has 0 aliphatic heterocycles. The number of nitro benzene ring substituents is 1. The second-order valence-corrected chi connectivity index (χ2v) is 6.05. The Balaban J connectivity index is 0.00000225. The normalized spacial score (nSPS) is 10.6. The maximum Gasteiger partial charge on any atom is 1.00 e. The molecule has 0 bridgehead atoms. The van der Waals surface area contributed by atoms with Gasteiger partial charge in [0.2, 0.25) is 0 Å². The van der Waals surface area contributed by atoms with E-state index in [1.165, 1.54) is 35.0 Å². The van der Waals surface area contributed by atoms with Gasteiger partial charge >= 0.3 is 29.6 Å². The molecule has 4 rings (SSSR count). The first-order valence-corrected chi connectivity index (χ1v) is 8.09. The molecule has 0 spiro atoms. The van der Waals surface area contributed by atoms with Gasteiger partial charge in [-0.3, -0.25) is 20.0 Å². The Labute approximate surface area is 180 Å². The van der Waals surface area contributed by atoms with E-state index in [-0.39, 0.29) is 57.8 Å². The van der Waals surface area contributed by atoms with Crippen molar-refractivity contribution in [3.05, 3.63) is 80.8 Å². The van der Waals surface area contributed by atoms with Crippen LogP contribution >= 0.6 is 0 Å². The molecule has 28 heavy (non-hydrogen) atoms. The number of aryl methyl sites for hydroxylation is 1. The number of hydrogen-bond acceptors (Lipinski definition) is 5. The molecule has 1 N–H and O–H groups in total. The minimum atomic E-state index is -0.507. The van der Waals surface area contributed by atoms with Crippen LogP contribution in [-0.2, 0) is 0 Å². The van der Waals surface area contributed by atoms with E-state index >= 15 is 0 Å². The van der Waals surface area contributed by atoms with E-state index in [9.17, 15) is 20.0 Å². The molecule has 0 aliphatic carbocycles. The number of para-hydroxylation sites is 1. The second kappa shape index (κ2) is 7.59. The van der Waals surface area contributed by atoms with Crippen molar-refractivity contribution in [2.24, 2.45) is 0 Å². The predicted octanol–water partition coefficient (Wildman–Crippen LogP) is -0.325. The van der Waals surface area contributed by atoms with Gasteiger partial charge in [-0.1, -0.05) is 23.9 Å². The molecule has 0 fully saturated rings. The number of non-ortho nitro benzene ring substituents is 1. The Hall–Kier alpha value is -2.94. The Kier molecular flexibility index (Phi) is 5.37. The van der Waals surface area contributed by atoms with Gasteiger partial charge in [0, 0.05) is 17.8 Å². The fraction of sp³-hybridized carbons (Fsp3) is 0.0526. The van der Waals surface area contributed by atoms with Crippen molar-refractivity contribution >= 4 is 16.6 Å². The first-order chi connectivity index (χ1) is 13.0. The standard InChI is InChI=1S/C19H14N4O4.Na/c1-11-18(16-10-17(24)14-4-2-3-5-15(14)20-16)19(25)22(21-11)12-6-8-13(9-7-12)23(26)27;/h2-10,21H,1H3,(H,20,24);/q;+1/p-1. The van der Waals surface area contributed by atoms with Crippen LogP contribution in [0.3, 0.4) is 0 Å². The summed E-state index contributed by atoms with van der Waals surface area (Å²) in [5.74, 6) is -0.211. The molecular formula is C19H13N4NaO4. The van der Waals surface area contributed by atoms with Crippen LogP contribution in [-0.4, -0.2) is 19.7 Å². The number of pyridine rings is 1. The fourth-order valence-electron chi connectivity index (χ4n) is 3.03. The molecule has 2 heterocycles. The van der Waals surface area contributed by atoms with E-state index in [1.54, 1.807) is 31.2 Å². The van der Waals surface area contributed by atoms with Crippen molar-refractivity contribution in [2.75, 3.05) is 0 Å². The third-order valence-electron chi connectivity index (χ3n) is 4.32. The molecule has 0 saturated carbocycles. The van der Waals surface area contributed by atoms with E-state index in [1.807, 2.05) is 0 Å². The molecule has 0 aliphatic rings. The topological polar surface area (TPSA) is 117 Å². The summed E-state index contributed by atoms with van der Waals surface area (Å²) < 4.78 is 1.27. The zero-order valence-electron chi connectivity index (χ0n) is 15.2. The van der Waals surface area contributed by atoms with Gasteiger partial charge in [-0.15, -0.1) is 0 Å². The number of H-pyrrole nitrogens is 1. The van der Waals surface area contributed by atoms with Crippen LogP contribution in [0.5, 0.6) is 5.75 Å². The van der Waals surface area contributed by atoms with Gasteiger partial charge in [-0.05, 0) is 36.6 Å². The maximum absolute atomic E-state index is 12.9. The summed E-state index contributed by atoms with van der Waals surface area (Å²) in [6, 6.07) is 13.9. The Bertz CT molecular complexity index is 1250. The second-order valence-electron chi connectivity index (χ2n) is 6.05. The quantitative estimate of drug-likeness (QED) is 0.295. The smallest absolute Gasteiger partial charge is 0.872 e. The van der Waals surface area contributed by atoms with E-state index in [4.69, 9.17) is 0 Å². The third-order valence-corrected chi connectivity index (χ3v) is 4.32. The van der Waals surface area contributed by atoms with Gasteiger partial charge in [0.25, 0.3) is 11.2 Å². The van der Waals surface area contributed by atoms with Gasteiger partial charge in [-0.25, -0.2) is 9.67 Å². The summed E-state index contributed by atoms with van der Waals surface area (Å²) >= 11 is 0. The van der Waals surface area contributed by atoms with E-state index < -0.39 is 4.92 Å². The number of nitrogens with one attached hydrogen (secondary N) is 1. The fourth-order valence-corrected chi connectivity index (χ4v) is 3.03. The number of hydrogen-bond donors (Lipinski definition) is 1. The van der Waals surface area contributed by atoms with Crippen molar-refractivity contribution in [2.45, 2.75) is 6.92 Å². The predicted molar refractivity (Wildman–Crippen MR) is 98.0 cm³/mol. The average Bonchev–Trinajstić information content (AvgIpc) is 2.96. The molecule has 0 saturated heterocycles. The van der Waals surface area contributed by atoms with Crippen LogP contribution in [0.2, 0.25) is 0 Å². The number of nitro groups is 1. The number of benzene rings is 2.